The second-order valence-corrected chi connectivity index (χ2v) is 8.13. The summed E-state index contributed by atoms with van der Waals surface area (Å²) in [7, 11) is 1.54. The minimum atomic E-state index is -0.567. The van der Waals surface area contributed by atoms with Crippen LogP contribution in [0.15, 0.2) is 24.3 Å². The highest BCUT2D eigenvalue weighted by Gasteiger charge is 2.25. The first-order valence-electron chi connectivity index (χ1n) is 10.7. The fourth-order valence-corrected chi connectivity index (χ4v) is 4.59. The molecular weight excluding hydrogens is 399 g/mol. The SMILES string of the molecule is COc1c(C(N)=O)cc(Cc2ccc(C(=O)NC[C@H]3CCCO3)c(F)c2)c2c1CCC2. The number of fused-ring (bicyclic) bond motifs is 1. The summed E-state index contributed by atoms with van der Waals surface area (Å²) in [6.45, 7) is 1.09. The average Bonchev–Trinajstić information content (AvgIpc) is 3.44. The largest absolute Gasteiger partial charge is 0.496 e. The van der Waals surface area contributed by atoms with Crippen molar-refractivity contribution in [3.63, 3.8) is 0 Å². The average molecular weight is 426 g/mol. The number of ether oxygens (including phenoxy) is 2. The van der Waals surface area contributed by atoms with Gasteiger partial charge in [-0.3, -0.25) is 9.59 Å². The number of benzene rings is 2. The van der Waals surface area contributed by atoms with Crippen LogP contribution in [0.25, 0.3) is 0 Å². The van der Waals surface area contributed by atoms with Gasteiger partial charge in [-0.25, -0.2) is 4.39 Å². The number of hydrogen-bond donors (Lipinski definition) is 2. The molecule has 1 heterocycles. The fraction of sp³-hybridized carbons (Fsp3) is 0.417. The molecule has 164 valence electrons. The number of amides is 2. The number of nitrogens with one attached hydrogen (secondary N) is 1. The van der Waals surface area contributed by atoms with Crippen LogP contribution in [-0.2, 0) is 24.0 Å². The van der Waals surface area contributed by atoms with E-state index in [1.54, 1.807) is 12.1 Å². The summed E-state index contributed by atoms with van der Waals surface area (Å²) in [5, 5.41) is 2.75. The van der Waals surface area contributed by atoms with Crippen LogP contribution >= 0.6 is 0 Å². The van der Waals surface area contributed by atoms with E-state index in [1.807, 2.05) is 0 Å². The van der Waals surface area contributed by atoms with E-state index in [1.165, 1.54) is 19.2 Å². The zero-order valence-electron chi connectivity index (χ0n) is 17.6. The van der Waals surface area contributed by atoms with Gasteiger partial charge in [-0.2, -0.15) is 0 Å². The first-order valence-corrected chi connectivity index (χ1v) is 10.7. The summed E-state index contributed by atoms with van der Waals surface area (Å²) >= 11 is 0. The van der Waals surface area contributed by atoms with E-state index in [0.717, 1.165) is 54.4 Å². The molecule has 3 N–H and O–H groups in total. The van der Waals surface area contributed by atoms with Gasteiger partial charge in [0.15, 0.2) is 0 Å². The Morgan fingerprint density at radius 1 is 1.19 bits per heavy atom. The molecule has 1 aliphatic carbocycles. The number of halogens is 1. The van der Waals surface area contributed by atoms with Crippen molar-refractivity contribution in [3.8, 4) is 5.75 Å². The van der Waals surface area contributed by atoms with E-state index in [0.29, 0.717) is 30.9 Å². The Morgan fingerprint density at radius 3 is 2.68 bits per heavy atom. The first-order chi connectivity index (χ1) is 15.0. The van der Waals surface area contributed by atoms with Crippen LogP contribution < -0.4 is 15.8 Å². The molecule has 2 aliphatic rings. The molecule has 2 amide bonds. The number of hydrogen-bond acceptors (Lipinski definition) is 4. The predicted molar refractivity (Wildman–Crippen MR) is 114 cm³/mol. The van der Waals surface area contributed by atoms with Crippen LogP contribution in [0.1, 0.15) is 62.2 Å². The van der Waals surface area contributed by atoms with Crippen LogP contribution in [0.5, 0.6) is 5.75 Å². The highest BCUT2D eigenvalue weighted by Crippen LogP contribution is 2.37. The summed E-state index contributed by atoms with van der Waals surface area (Å²) in [6.07, 6.45) is 5.01. The smallest absolute Gasteiger partial charge is 0.254 e. The number of primary amides is 1. The first kappa shape index (κ1) is 21.3. The lowest BCUT2D eigenvalue weighted by Gasteiger charge is -2.16. The van der Waals surface area contributed by atoms with Gasteiger partial charge in [0.25, 0.3) is 11.8 Å². The van der Waals surface area contributed by atoms with E-state index in [2.05, 4.69) is 5.32 Å². The lowest BCUT2D eigenvalue weighted by molar-refractivity contribution is 0.0854. The molecule has 0 saturated carbocycles. The Bertz CT molecular complexity index is 1020. The van der Waals surface area contributed by atoms with Gasteiger partial charge in [0.2, 0.25) is 0 Å². The topological polar surface area (TPSA) is 90.7 Å². The molecule has 7 heteroatoms. The van der Waals surface area contributed by atoms with E-state index >= 15 is 0 Å². The van der Waals surface area contributed by atoms with Crippen molar-refractivity contribution in [3.05, 3.63) is 63.5 Å². The quantitative estimate of drug-likeness (QED) is 0.712. The Hall–Kier alpha value is -2.93. The number of rotatable bonds is 7. The second-order valence-electron chi connectivity index (χ2n) is 8.13. The molecule has 31 heavy (non-hydrogen) atoms. The highest BCUT2D eigenvalue weighted by molar-refractivity contribution is 5.97. The molecule has 4 rings (SSSR count). The third-order valence-corrected chi connectivity index (χ3v) is 6.10. The Labute approximate surface area is 180 Å². The Balaban J connectivity index is 1.54. The molecule has 0 bridgehead atoms. The van der Waals surface area contributed by atoms with E-state index in [-0.39, 0.29) is 11.7 Å². The molecule has 2 aromatic carbocycles. The maximum absolute atomic E-state index is 14.7. The maximum Gasteiger partial charge on any atom is 0.254 e. The molecule has 0 spiro atoms. The number of carbonyl (C=O) groups is 2. The van der Waals surface area contributed by atoms with Crippen molar-refractivity contribution < 1.29 is 23.5 Å². The molecular formula is C24H27FN2O4. The van der Waals surface area contributed by atoms with Crippen LogP contribution in [0.2, 0.25) is 0 Å². The van der Waals surface area contributed by atoms with Gasteiger partial charge >= 0.3 is 0 Å². The summed E-state index contributed by atoms with van der Waals surface area (Å²) in [6, 6.07) is 6.40. The van der Waals surface area contributed by atoms with Crippen LogP contribution in [0.3, 0.4) is 0 Å². The van der Waals surface area contributed by atoms with E-state index in [9.17, 15) is 14.0 Å². The molecule has 6 nitrogen and oxygen atoms in total. The van der Waals surface area contributed by atoms with Gasteiger partial charge in [0.1, 0.15) is 11.6 Å². The second kappa shape index (κ2) is 9.06. The fourth-order valence-electron chi connectivity index (χ4n) is 4.59. The molecule has 0 aromatic heterocycles. The third kappa shape index (κ3) is 4.42. The normalized spacial score (nSPS) is 17.4. The zero-order chi connectivity index (χ0) is 22.0. The van der Waals surface area contributed by atoms with Gasteiger partial charge in [-0.05, 0) is 79.0 Å². The van der Waals surface area contributed by atoms with Crippen LogP contribution in [-0.4, -0.2) is 38.2 Å². The molecule has 1 aliphatic heterocycles. The van der Waals surface area contributed by atoms with Crippen molar-refractivity contribution in [1.82, 2.24) is 5.32 Å². The Kier molecular flexibility index (Phi) is 6.23. The molecule has 1 fully saturated rings. The van der Waals surface area contributed by atoms with E-state index in [4.69, 9.17) is 15.2 Å². The summed E-state index contributed by atoms with van der Waals surface area (Å²) in [5.41, 5.74) is 9.75. The number of carbonyl (C=O) groups excluding carboxylic acids is 2. The highest BCUT2D eigenvalue weighted by atomic mass is 19.1. The number of nitrogens with two attached hydrogens (primary N) is 1. The Morgan fingerprint density at radius 2 is 2.00 bits per heavy atom. The summed E-state index contributed by atoms with van der Waals surface area (Å²) in [4.78, 5) is 24.3. The van der Waals surface area contributed by atoms with Crippen molar-refractivity contribution in [2.24, 2.45) is 5.73 Å². The summed E-state index contributed by atoms with van der Waals surface area (Å²) < 4.78 is 25.7. The molecule has 0 radical (unpaired) electrons. The lowest BCUT2D eigenvalue weighted by atomic mass is 9.93. The van der Waals surface area contributed by atoms with Crippen molar-refractivity contribution in [2.45, 2.75) is 44.6 Å². The van der Waals surface area contributed by atoms with E-state index < -0.39 is 17.6 Å². The molecule has 1 saturated heterocycles. The van der Waals surface area contributed by atoms with Gasteiger partial charge in [0, 0.05) is 13.2 Å². The van der Waals surface area contributed by atoms with Gasteiger partial charge in [0.05, 0.1) is 24.3 Å². The minimum absolute atomic E-state index is 0.00269. The van der Waals surface area contributed by atoms with Crippen LogP contribution in [0, 0.1) is 5.82 Å². The van der Waals surface area contributed by atoms with Gasteiger partial charge in [-0.1, -0.05) is 6.07 Å². The van der Waals surface area contributed by atoms with Gasteiger partial charge < -0.3 is 20.5 Å². The predicted octanol–water partition coefficient (Wildman–Crippen LogP) is 2.92. The number of methoxy groups -OCH3 is 1. The van der Waals surface area contributed by atoms with Crippen LogP contribution in [0.4, 0.5) is 4.39 Å². The molecule has 0 unspecified atom stereocenters. The van der Waals surface area contributed by atoms with Crippen molar-refractivity contribution in [1.29, 1.82) is 0 Å². The lowest BCUT2D eigenvalue weighted by Crippen LogP contribution is -2.32. The van der Waals surface area contributed by atoms with Crippen molar-refractivity contribution in [2.75, 3.05) is 20.3 Å². The van der Waals surface area contributed by atoms with Gasteiger partial charge in [-0.15, -0.1) is 0 Å². The zero-order valence-corrected chi connectivity index (χ0v) is 17.6. The maximum atomic E-state index is 14.7. The standard InChI is InChI=1S/C24H27FN2O4/c1-30-22-18-6-2-5-17(18)15(12-20(22)23(26)28)10-14-7-8-19(21(25)11-14)24(29)27-13-16-4-3-9-31-16/h7-8,11-12,16H,2-6,9-10,13H2,1H3,(H2,26,28)(H,27,29)/t16-/m1/s1. The third-order valence-electron chi connectivity index (χ3n) is 6.10. The minimum Gasteiger partial charge on any atom is -0.496 e. The molecule has 2 aromatic rings. The van der Waals surface area contributed by atoms with Crippen molar-refractivity contribution >= 4 is 11.8 Å². The monoisotopic (exact) mass is 426 g/mol. The summed E-state index contributed by atoms with van der Waals surface area (Å²) in [5.74, 6) is -1.01. The molecule has 1 atom stereocenters.